The molecule has 5 rings (SSSR count). The van der Waals surface area contributed by atoms with Crippen LogP contribution in [-0.4, -0.2) is 74.9 Å². The summed E-state index contributed by atoms with van der Waals surface area (Å²) in [6, 6.07) is 3.90. The van der Waals surface area contributed by atoms with Gasteiger partial charge in [0.2, 0.25) is 11.9 Å². The number of amides is 1. The van der Waals surface area contributed by atoms with Crippen LogP contribution in [0.15, 0.2) is 24.5 Å². The minimum absolute atomic E-state index is 0.124. The van der Waals surface area contributed by atoms with Crippen molar-refractivity contribution in [2.45, 2.75) is 25.8 Å². The van der Waals surface area contributed by atoms with Crippen molar-refractivity contribution in [2.75, 3.05) is 50.0 Å². The topological polar surface area (TPSA) is 115 Å². The molecule has 10 heteroatoms. The van der Waals surface area contributed by atoms with E-state index in [9.17, 15) is 4.79 Å². The highest BCUT2D eigenvalue weighted by Gasteiger charge is 2.26. The number of carbonyl (C=O) groups is 1. The van der Waals surface area contributed by atoms with Crippen LogP contribution in [0.2, 0.25) is 0 Å². The summed E-state index contributed by atoms with van der Waals surface area (Å²) in [5.74, 6) is 1.26. The monoisotopic (exact) mass is 422 g/mol. The van der Waals surface area contributed by atoms with Gasteiger partial charge in [0.05, 0.1) is 36.5 Å². The molecule has 0 aromatic carbocycles. The van der Waals surface area contributed by atoms with E-state index in [-0.39, 0.29) is 11.9 Å². The lowest BCUT2D eigenvalue weighted by Crippen LogP contribution is -2.38. The third-order valence-electron chi connectivity index (χ3n) is 6.05. The zero-order valence-electron chi connectivity index (χ0n) is 17.6. The number of aromatic nitrogens is 5. The molecular weight excluding hydrogens is 396 g/mol. The highest BCUT2D eigenvalue weighted by molar-refractivity contribution is 5.91. The van der Waals surface area contributed by atoms with Crippen LogP contribution >= 0.6 is 0 Å². The van der Waals surface area contributed by atoms with Gasteiger partial charge in [-0.15, -0.1) is 0 Å². The molecule has 2 fully saturated rings. The summed E-state index contributed by atoms with van der Waals surface area (Å²) in [6.07, 6.45) is 5.28. The number of nitrogens with zero attached hydrogens (tertiary/aromatic N) is 7. The number of ether oxygens (including phenoxy) is 1. The fourth-order valence-corrected chi connectivity index (χ4v) is 4.28. The Labute approximate surface area is 180 Å². The van der Waals surface area contributed by atoms with E-state index >= 15 is 0 Å². The molecule has 2 aliphatic rings. The van der Waals surface area contributed by atoms with Gasteiger partial charge in [0, 0.05) is 44.9 Å². The molecule has 10 nitrogen and oxygen atoms in total. The van der Waals surface area contributed by atoms with E-state index in [1.54, 1.807) is 19.2 Å². The van der Waals surface area contributed by atoms with Gasteiger partial charge in [0.15, 0.2) is 5.65 Å². The second-order valence-electron chi connectivity index (χ2n) is 8.01. The Hall–Kier alpha value is -3.27. The average molecular weight is 422 g/mol. The Morgan fingerprint density at radius 1 is 1.10 bits per heavy atom. The quantitative estimate of drug-likeness (QED) is 0.675. The predicted molar refractivity (Wildman–Crippen MR) is 117 cm³/mol. The SMILES string of the molecule is CC(=O)N1CCC(n2ncc3c(-c4ccc(N)nc4)nc(N4CCOCC4)nc32)CC1. The van der Waals surface area contributed by atoms with E-state index in [2.05, 4.69) is 9.88 Å². The zero-order valence-corrected chi connectivity index (χ0v) is 17.6. The summed E-state index contributed by atoms with van der Waals surface area (Å²) in [5, 5.41) is 5.59. The fourth-order valence-electron chi connectivity index (χ4n) is 4.28. The Kier molecular flexibility index (Phi) is 5.14. The summed E-state index contributed by atoms with van der Waals surface area (Å²) in [5.41, 5.74) is 8.27. The predicted octanol–water partition coefficient (Wildman–Crippen LogP) is 1.49. The highest BCUT2D eigenvalue weighted by Crippen LogP contribution is 2.32. The molecule has 2 aliphatic heterocycles. The molecule has 0 unspecified atom stereocenters. The number of likely N-dealkylation sites (tertiary alicyclic amines) is 1. The van der Waals surface area contributed by atoms with Crippen LogP contribution in [-0.2, 0) is 9.53 Å². The van der Waals surface area contributed by atoms with Crippen molar-refractivity contribution in [3.8, 4) is 11.3 Å². The van der Waals surface area contributed by atoms with E-state index in [0.717, 1.165) is 61.3 Å². The van der Waals surface area contributed by atoms with E-state index in [4.69, 9.17) is 25.5 Å². The zero-order chi connectivity index (χ0) is 21.4. The van der Waals surface area contributed by atoms with Crippen LogP contribution in [0.5, 0.6) is 0 Å². The first kappa shape index (κ1) is 19.7. The second kappa shape index (κ2) is 8.10. The molecule has 5 heterocycles. The van der Waals surface area contributed by atoms with E-state index < -0.39 is 0 Å². The van der Waals surface area contributed by atoms with Crippen molar-refractivity contribution < 1.29 is 9.53 Å². The first-order chi connectivity index (χ1) is 15.1. The summed E-state index contributed by atoms with van der Waals surface area (Å²) in [4.78, 5) is 29.8. The van der Waals surface area contributed by atoms with Crippen LogP contribution in [0.1, 0.15) is 25.8 Å². The van der Waals surface area contributed by atoms with Gasteiger partial charge in [-0.2, -0.15) is 10.1 Å². The molecule has 2 saturated heterocycles. The van der Waals surface area contributed by atoms with Crippen LogP contribution < -0.4 is 10.6 Å². The van der Waals surface area contributed by atoms with Gasteiger partial charge in [-0.05, 0) is 25.0 Å². The first-order valence-electron chi connectivity index (χ1n) is 10.7. The number of nitrogen functional groups attached to an aromatic ring is 1. The Bertz CT molecular complexity index is 1080. The lowest BCUT2D eigenvalue weighted by atomic mass is 10.1. The number of hydrogen-bond acceptors (Lipinski definition) is 8. The largest absolute Gasteiger partial charge is 0.384 e. The number of hydrogen-bond donors (Lipinski definition) is 1. The number of fused-ring (bicyclic) bond motifs is 1. The lowest BCUT2D eigenvalue weighted by Gasteiger charge is -2.31. The van der Waals surface area contributed by atoms with Crippen molar-refractivity contribution in [3.63, 3.8) is 0 Å². The molecule has 3 aromatic rings. The maximum Gasteiger partial charge on any atom is 0.228 e. The van der Waals surface area contributed by atoms with E-state index in [0.29, 0.717) is 25.0 Å². The number of pyridine rings is 1. The summed E-state index contributed by atoms with van der Waals surface area (Å²) in [6.45, 7) is 5.89. The molecule has 0 aliphatic carbocycles. The third-order valence-corrected chi connectivity index (χ3v) is 6.05. The fraction of sp³-hybridized carbons (Fsp3) is 0.476. The number of carbonyl (C=O) groups excluding carboxylic acids is 1. The smallest absolute Gasteiger partial charge is 0.228 e. The molecule has 2 N–H and O–H groups in total. The van der Waals surface area contributed by atoms with Crippen molar-refractivity contribution in [1.29, 1.82) is 0 Å². The number of piperidine rings is 1. The van der Waals surface area contributed by atoms with E-state index in [1.807, 2.05) is 21.8 Å². The minimum Gasteiger partial charge on any atom is -0.384 e. The van der Waals surface area contributed by atoms with Gasteiger partial charge in [-0.25, -0.2) is 14.6 Å². The molecule has 31 heavy (non-hydrogen) atoms. The highest BCUT2D eigenvalue weighted by atomic mass is 16.5. The van der Waals surface area contributed by atoms with Crippen molar-refractivity contribution in [3.05, 3.63) is 24.5 Å². The third kappa shape index (κ3) is 3.78. The van der Waals surface area contributed by atoms with Crippen LogP contribution in [0, 0.1) is 0 Å². The molecule has 162 valence electrons. The number of anilines is 2. The van der Waals surface area contributed by atoms with Gasteiger partial charge in [-0.1, -0.05) is 0 Å². The van der Waals surface area contributed by atoms with Gasteiger partial charge >= 0.3 is 0 Å². The molecule has 1 amide bonds. The Morgan fingerprint density at radius 3 is 2.55 bits per heavy atom. The maximum atomic E-state index is 11.7. The standard InChI is InChI=1S/C21H26N8O2/c1-14(30)27-6-4-16(5-7-27)29-20-17(13-24-29)19(15-2-3-18(22)23-12-15)25-21(26-20)28-8-10-31-11-9-28/h2-3,12-13,16H,4-11H2,1H3,(H2,22,23). The summed E-state index contributed by atoms with van der Waals surface area (Å²) < 4.78 is 7.51. The first-order valence-corrected chi connectivity index (χ1v) is 10.7. The molecule has 0 spiro atoms. The van der Waals surface area contributed by atoms with Gasteiger partial charge in [0.1, 0.15) is 5.82 Å². The van der Waals surface area contributed by atoms with Crippen molar-refractivity contribution in [1.82, 2.24) is 29.6 Å². The summed E-state index contributed by atoms with van der Waals surface area (Å²) in [7, 11) is 0. The molecule has 0 saturated carbocycles. The number of rotatable bonds is 3. The minimum atomic E-state index is 0.124. The Morgan fingerprint density at radius 2 is 1.87 bits per heavy atom. The van der Waals surface area contributed by atoms with Crippen molar-refractivity contribution >= 4 is 28.7 Å². The van der Waals surface area contributed by atoms with Crippen LogP contribution in [0.4, 0.5) is 11.8 Å². The molecule has 0 atom stereocenters. The van der Waals surface area contributed by atoms with Crippen LogP contribution in [0.25, 0.3) is 22.3 Å². The maximum absolute atomic E-state index is 11.7. The average Bonchev–Trinajstić information content (AvgIpc) is 3.24. The molecular formula is C21H26N8O2. The Balaban J connectivity index is 1.57. The molecule has 3 aromatic heterocycles. The van der Waals surface area contributed by atoms with Crippen LogP contribution in [0.3, 0.4) is 0 Å². The second-order valence-corrected chi connectivity index (χ2v) is 8.01. The summed E-state index contributed by atoms with van der Waals surface area (Å²) >= 11 is 0. The van der Waals surface area contributed by atoms with Gasteiger partial charge in [0.25, 0.3) is 0 Å². The molecule has 0 bridgehead atoms. The normalized spacial score (nSPS) is 18.0. The van der Waals surface area contributed by atoms with Gasteiger partial charge in [-0.3, -0.25) is 4.79 Å². The number of nitrogens with two attached hydrogens (primary N) is 1. The van der Waals surface area contributed by atoms with Gasteiger partial charge < -0.3 is 20.3 Å². The number of morpholine rings is 1. The van der Waals surface area contributed by atoms with E-state index in [1.165, 1.54) is 0 Å². The van der Waals surface area contributed by atoms with Crippen molar-refractivity contribution in [2.24, 2.45) is 0 Å². The lowest BCUT2D eigenvalue weighted by molar-refractivity contribution is -0.130. The molecule has 0 radical (unpaired) electrons.